The molecule has 0 spiro atoms. The van der Waals surface area contributed by atoms with Crippen LogP contribution in [0.5, 0.6) is 0 Å². The second kappa shape index (κ2) is 12.5. The molecule has 0 radical (unpaired) electrons. The number of nitrogens with zero attached hydrogens (tertiary/aromatic N) is 3. The molecule has 3 heteroatoms. The van der Waals surface area contributed by atoms with E-state index in [0.29, 0.717) is 5.56 Å². The normalized spacial score (nSPS) is 17.3. The van der Waals surface area contributed by atoms with Crippen LogP contribution in [0.4, 0.5) is 0 Å². The summed E-state index contributed by atoms with van der Waals surface area (Å²) in [6.07, 6.45) is 0. The molecule has 0 amide bonds. The molecule has 57 heavy (non-hydrogen) atoms. The van der Waals surface area contributed by atoms with E-state index in [2.05, 4.69) is 0 Å². The van der Waals surface area contributed by atoms with Crippen LogP contribution in [0.2, 0.25) is 0 Å². The molecule has 0 N–H and O–H groups in total. The molecular weight excluding hydrogens is 691 g/mol. The summed E-state index contributed by atoms with van der Waals surface area (Å²) in [5.41, 5.74) is -0.549. The lowest BCUT2D eigenvalue weighted by atomic mass is 10.00. The van der Waals surface area contributed by atoms with E-state index in [1.54, 1.807) is 24.3 Å². The zero-order valence-corrected chi connectivity index (χ0v) is 29.3. The molecule has 12 rings (SSSR count). The Balaban J connectivity index is 1.34. The van der Waals surface area contributed by atoms with Crippen molar-refractivity contribution in [2.45, 2.75) is 0 Å². The molecule has 0 fully saturated rings. The minimum Gasteiger partial charge on any atom is -0.309 e. The van der Waals surface area contributed by atoms with E-state index in [9.17, 15) is 16.4 Å². The van der Waals surface area contributed by atoms with Crippen molar-refractivity contribution >= 4 is 65.4 Å². The van der Waals surface area contributed by atoms with Crippen molar-refractivity contribution in [3.63, 3.8) is 0 Å². The fourth-order valence-corrected chi connectivity index (χ4v) is 7.88. The lowest BCUT2D eigenvalue weighted by Crippen LogP contribution is -2.01. The Hall–Kier alpha value is -7.62. The van der Waals surface area contributed by atoms with Gasteiger partial charge < -0.3 is 13.7 Å². The molecule has 3 heterocycles. The van der Waals surface area contributed by atoms with Gasteiger partial charge in [0.1, 0.15) is 0 Å². The van der Waals surface area contributed by atoms with Crippen LogP contribution in [0.15, 0.2) is 212 Å². The molecule has 12 aromatic rings. The van der Waals surface area contributed by atoms with E-state index in [1.165, 1.54) is 4.57 Å². The predicted octanol–water partition coefficient (Wildman–Crippen LogP) is 14.3. The number of para-hydroxylation sites is 5. The Morgan fingerprint density at radius 3 is 1.47 bits per heavy atom. The van der Waals surface area contributed by atoms with Crippen LogP contribution in [0.25, 0.3) is 105 Å². The smallest absolute Gasteiger partial charge is 0.0782 e. The summed E-state index contributed by atoms with van der Waals surface area (Å²) >= 11 is 0. The molecule has 0 unspecified atom stereocenters. The maximum absolute atomic E-state index is 9.93. The van der Waals surface area contributed by atoms with Crippen molar-refractivity contribution < 1.29 is 30.2 Å². The van der Waals surface area contributed by atoms with Gasteiger partial charge in [0, 0.05) is 38.0 Å². The van der Waals surface area contributed by atoms with Crippen LogP contribution >= 0.6 is 0 Å². The largest absolute Gasteiger partial charge is 0.309 e. The van der Waals surface area contributed by atoms with Crippen molar-refractivity contribution in [3.05, 3.63) is 212 Å². The molecular formula is C54H35N3. The third-order valence-electron chi connectivity index (χ3n) is 10.3. The predicted molar refractivity (Wildman–Crippen MR) is 240 cm³/mol. The van der Waals surface area contributed by atoms with E-state index in [-0.39, 0.29) is 27.5 Å². The Morgan fingerprint density at radius 2 is 0.789 bits per heavy atom. The van der Waals surface area contributed by atoms with E-state index in [1.807, 2.05) is 54.6 Å². The van der Waals surface area contributed by atoms with Crippen LogP contribution in [0.1, 0.15) is 30.2 Å². The molecule has 0 saturated heterocycles. The Morgan fingerprint density at radius 1 is 0.316 bits per heavy atom. The van der Waals surface area contributed by atoms with Crippen LogP contribution < -0.4 is 0 Å². The number of hydrogen-bond donors (Lipinski definition) is 0. The van der Waals surface area contributed by atoms with Gasteiger partial charge in [-0.25, -0.2) is 0 Å². The van der Waals surface area contributed by atoms with Gasteiger partial charge in [-0.3, -0.25) is 0 Å². The number of rotatable bonds is 5. The van der Waals surface area contributed by atoms with Gasteiger partial charge in [-0.1, -0.05) is 157 Å². The van der Waals surface area contributed by atoms with E-state index < -0.39 is 188 Å². The van der Waals surface area contributed by atoms with Crippen LogP contribution in [0, 0.1) is 0 Å². The van der Waals surface area contributed by atoms with Crippen LogP contribution in [0.3, 0.4) is 0 Å². The van der Waals surface area contributed by atoms with Crippen molar-refractivity contribution in [3.8, 4) is 39.3 Å². The van der Waals surface area contributed by atoms with Gasteiger partial charge >= 0.3 is 0 Å². The fourth-order valence-electron chi connectivity index (χ4n) is 7.88. The lowest BCUT2D eigenvalue weighted by molar-refractivity contribution is 1.14. The highest BCUT2D eigenvalue weighted by Crippen LogP contribution is 2.43. The summed E-state index contributed by atoms with van der Waals surface area (Å²) in [5, 5.41) is -2.57. The molecule has 0 aliphatic rings. The zero-order chi connectivity index (χ0) is 56.6. The molecule has 3 nitrogen and oxygen atoms in total. The van der Waals surface area contributed by atoms with E-state index >= 15 is 0 Å². The van der Waals surface area contributed by atoms with Gasteiger partial charge in [0.05, 0.1) is 74.6 Å². The lowest BCUT2D eigenvalue weighted by Gasteiger charge is -2.16. The molecule has 0 aliphatic carbocycles. The summed E-state index contributed by atoms with van der Waals surface area (Å²) in [6.45, 7) is 0. The van der Waals surface area contributed by atoms with Crippen molar-refractivity contribution in [1.82, 2.24) is 13.7 Å². The second-order valence-electron chi connectivity index (χ2n) is 13.3. The molecule has 9 aromatic carbocycles. The number of hydrogen-bond acceptors (Lipinski definition) is 0. The maximum atomic E-state index is 9.93. The van der Waals surface area contributed by atoms with Gasteiger partial charge in [-0.2, -0.15) is 0 Å². The quantitative estimate of drug-likeness (QED) is 0.167. The molecule has 0 bridgehead atoms. The average Bonchev–Trinajstić information content (AvgIpc) is 2.50. The van der Waals surface area contributed by atoms with Crippen molar-refractivity contribution in [2.24, 2.45) is 0 Å². The zero-order valence-electron chi connectivity index (χ0n) is 51.3. The minimum absolute atomic E-state index is 0.213. The standard InChI is InChI=1S/C54H35N3/c1-2-15-36(16-3-1)37-31-33-38(34-32-37)39-17-12-18-40(35-39)55-49-27-11-7-22-45(49)53-50(55)28-14-29-51(53)57-48-26-10-6-21-43(48)44-23-13-30-52(54(44)57)56-46-24-8-4-19-41(46)42-20-5-9-25-47(42)56/h1-35H/i4D,5D,6D,7D,8D,9D,10D,11D,13D,14D,19D,20D,21D,22D,23D,24D,25D,26D,27D,28D,29D,30D. The molecule has 266 valence electrons. The third-order valence-corrected chi connectivity index (χ3v) is 10.3. The molecule has 0 saturated carbocycles. The summed E-state index contributed by atoms with van der Waals surface area (Å²) in [7, 11) is 0. The number of aromatic nitrogens is 3. The maximum Gasteiger partial charge on any atom is 0.0782 e. The Bertz CT molecular complexity index is 4710. The van der Waals surface area contributed by atoms with Crippen molar-refractivity contribution in [1.29, 1.82) is 0 Å². The van der Waals surface area contributed by atoms with Crippen molar-refractivity contribution in [2.75, 3.05) is 0 Å². The first-order valence-corrected chi connectivity index (χ1v) is 17.8. The summed E-state index contributed by atoms with van der Waals surface area (Å²) < 4.78 is 207. The number of fused-ring (bicyclic) bond motifs is 9. The SMILES string of the molecule is [2H]c1c([2H])c([2H])c2c(c1[2H])c1c(-n3c4c([2H])c([2H])c([2H])c([2H])c4c4c([2H])c([2H])c([2H])c(-n5c6c([2H])c([2H])c([2H])c([2H])c6c6c([2H])c([2H])c([2H])c([2H])c65)c43)c([2H])c([2H])c([2H])c1n2-c1cccc(-c2ccc(-c3ccccc3)cc2)c1. The Labute approximate surface area is 360 Å². The first-order valence-electron chi connectivity index (χ1n) is 28.8. The topological polar surface area (TPSA) is 14.8 Å². The minimum atomic E-state index is -0.931. The summed E-state index contributed by atoms with van der Waals surface area (Å²) in [6, 6.07) is 6.48. The molecule has 0 aliphatic heterocycles. The summed E-state index contributed by atoms with van der Waals surface area (Å²) in [5.74, 6) is 0. The van der Waals surface area contributed by atoms with Crippen LogP contribution in [-0.2, 0) is 0 Å². The number of benzene rings is 9. The second-order valence-corrected chi connectivity index (χ2v) is 13.3. The summed E-state index contributed by atoms with van der Waals surface area (Å²) in [4.78, 5) is 0. The van der Waals surface area contributed by atoms with Crippen LogP contribution in [-0.4, -0.2) is 13.7 Å². The monoisotopic (exact) mass is 747 g/mol. The highest BCUT2D eigenvalue weighted by molar-refractivity contribution is 6.18. The van der Waals surface area contributed by atoms with Gasteiger partial charge in [0.2, 0.25) is 0 Å². The van der Waals surface area contributed by atoms with Gasteiger partial charge in [-0.05, 0) is 76.7 Å². The van der Waals surface area contributed by atoms with Gasteiger partial charge in [0.15, 0.2) is 0 Å². The first kappa shape index (κ1) is 17.0. The first-order chi connectivity index (χ1) is 37.5. The average molecular weight is 748 g/mol. The highest BCUT2D eigenvalue weighted by Gasteiger charge is 2.23. The van der Waals surface area contributed by atoms with Gasteiger partial charge in [0.25, 0.3) is 0 Å². The third kappa shape index (κ3) is 4.73. The molecule has 0 atom stereocenters. The van der Waals surface area contributed by atoms with E-state index in [0.717, 1.165) is 25.8 Å². The molecule has 3 aromatic heterocycles. The Kier molecular flexibility index (Phi) is 3.72. The fraction of sp³-hybridized carbons (Fsp3) is 0. The van der Waals surface area contributed by atoms with E-state index in [4.69, 9.17) is 13.7 Å². The highest BCUT2D eigenvalue weighted by atomic mass is 15.1. The van der Waals surface area contributed by atoms with Gasteiger partial charge in [-0.15, -0.1) is 0 Å².